The summed E-state index contributed by atoms with van der Waals surface area (Å²) in [4.78, 5) is 0. The quantitative estimate of drug-likeness (QED) is 0.888. The molecular weight excluding hydrogens is 254 g/mol. The van der Waals surface area contributed by atoms with Crippen LogP contribution in [0.25, 0.3) is 0 Å². The van der Waals surface area contributed by atoms with Crippen molar-refractivity contribution in [2.24, 2.45) is 5.92 Å². The van der Waals surface area contributed by atoms with E-state index in [1.165, 1.54) is 31.5 Å². The Hall–Kier alpha value is -0.670. The van der Waals surface area contributed by atoms with Gasteiger partial charge < -0.3 is 10.1 Å². The number of benzene rings is 1. The van der Waals surface area contributed by atoms with E-state index in [1.807, 2.05) is 12.1 Å². The summed E-state index contributed by atoms with van der Waals surface area (Å²) < 4.78 is 5.54. The second-order valence-corrected chi connectivity index (χ2v) is 7.41. The molecule has 19 heavy (non-hydrogen) atoms. The molecule has 0 amide bonds. The Morgan fingerprint density at radius 1 is 1.32 bits per heavy atom. The van der Waals surface area contributed by atoms with Gasteiger partial charge in [0.15, 0.2) is 0 Å². The predicted molar refractivity (Wildman–Crippen MR) is 84.0 cm³/mol. The highest BCUT2D eigenvalue weighted by Crippen LogP contribution is 2.38. The van der Waals surface area contributed by atoms with Crippen LogP contribution < -0.4 is 10.1 Å². The van der Waals surface area contributed by atoms with E-state index in [2.05, 4.69) is 43.1 Å². The SMILES string of the molecule is COc1ccc(CSC(C)(C)C2CCCNC2)cc1. The Morgan fingerprint density at radius 3 is 2.63 bits per heavy atom. The first kappa shape index (κ1) is 14.7. The molecule has 106 valence electrons. The molecule has 2 nitrogen and oxygen atoms in total. The van der Waals surface area contributed by atoms with Gasteiger partial charge in [0.1, 0.15) is 5.75 Å². The number of hydrogen-bond donors (Lipinski definition) is 1. The van der Waals surface area contributed by atoms with E-state index in [0.717, 1.165) is 17.4 Å². The Balaban J connectivity index is 1.88. The maximum atomic E-state index is 5.19. The van der Waals surface area contributed by atoms with Gasteiger partial charge in [-0.2, -0.15) is 11.8 Å². The topological polar surface area (TPSA) is 21.3 Å². The summed E-state index contributed by atoms with van der Waals surface area (Å²) in [6.07, 6.45) is 2.67. The molecule has 1 atom stereocenters. The summed E-state index contributed by atoms with van der Waals surface area (Å²) in [5.74, 6) is 2.79. The van der Waals surface area contributed by atoms with E-state index in [9.17, 15) is 0 Å². The van der Waals surface area contributed by atoms with Crippen molar-refractivity contribution >= 4 is 11.8 Å². The molecule has 2 rings (SSSR count). The molecule has 1 N–H and O–H groups in total. The first-order valence-electron chi connectivity index (χ1n) is 7.09. The second kappa shape index (κ2) is 6.67. The summed E-state index contributed by atoms with van der Waals surface area (Å²) in [5.41, 5.74) is 1.38. The summed E-state index contributed by atoms with van der Waals surface area (Å²) in [6.45, 7) is 7.13. The highest BCUT2D eigenvalue weighted by molar-refractivity contribution is 7.99. The highest BCUT2D eigenvalue weighted by atomic mass is 32.2. The lowest BCUT2D eigenvalue weighted by Crippen LogP contribution is -2.40. The van der Waals surface area contributed by atoms with Crippen molar-refractivity contribution in [2.75, 3.05) is 20.2 Å². The summed E-state index contributed by atoms with van der Waals surface area (Å²) in [6, 6.07) is 8.43. The number of piperidine rings is 1. The van der Waals surface area contributed by atoms with Crippen molar-refractivity contribution in [2.45, 2.75) is 37.2 Å². The molecule has 1 aromatic carbocycles. The molecule has 3 heteroatoms. The lowest BCUT2D eigenvalue weighted by atomic mass is 9.88. The van der Waals surface area contributed by atoms with Gasteiger partial charge in [-0.1, -0.05) is 26.0 Å². The number of ether oxygens (including phenoxy) is 1. The zero-order chi connectivity index (χ0) is 13.7. The average Bonchev–Trinajstić information content (AvgIpc) is 2.47. The lowest BCUT2D eigenvalue weighted by Gasteiger charge is -2.37. The fraction of sp³-hybridized carbons (Fsp3) is 0.625. The summed E-state index contributed by atoms with van der Waals surface area (Å²) in [5, 5.41) is 3.52. The predicted octanol–water partition coefficient (Wildman–Crippen LogP) is 3.71. The largest absolute Gasteiger partial charge is 0.497 e. The smallest absolute Gasteiger partial charge is 0.118 e. The van der Waals surface area contributed by atoms with Gasteiger partial charge in [-0.15, -0.1) is 0 Å². The fourth-order valence-corrected chi connectivity index (χ4v) is 3.72. The number of thioether (sulfide) groups is 1. The number of methoxy groups -OCH3 is 1. The maximum Gasteiger partial charge on any atom is 0.118 e. The number of nitrogens with one attached hydrogen (secondary N) is 1. The first-order valence-corrected chi connectivity index (χ1v) is 8.08. The van der Waals surface area contributed by atoms with E-state index < -0.39 is 0 Å². The van der Waals surface area contributed by atoms with Crippen LogP contribution >= 0.6 is 11.8 Å². The summed E-state index contributed by atoms with van der Waals surface area (Å²) >= 11 is 2.07. The molecule has 0 spiro atoms. The molecule has 0 saturated carbocycles. The first-order chi connectivity index (χ1) is 9.12. The minimum absolute atomic E-state index is 0.341. The number of hydrogen-bond acceptors (Lipinski definition) is 3. The van der Waals surface area contributed by atoms with Gasteiger partial charge in [0.25, 0.3) is 0 Å². The molecular formula is C16H25NOS. The standard InChI is InChI=1S/C16H25NOS/c1-16(2,14-5-4-10-17-11-14)19-12-13-6-8-15(18-3)9-7-13/h6-9,14,17H,4-5,10-12H2,1-3H3. The summed E-state index contributed by atoms with van der Waals surface area (Å²) in [7, 11) is 1.71. The number of rotatable bonds is 5. The third kappa shape index (κ3) is 4.15. The third-order valence-corrected chi connectivity index (χ3v) is 5.60. The molecule has 0 bridgehead atoms. The molecule has 1 heterocycles. The van der Waals surface area contributed by atoms with Crippen LogP contribution in [0.15, 0.2) is 24.3 Å². The Bertz CT molecular complexity index is 382. The van der Waals surface area contributed by atoms with E-state index in [-0.39, 0.29) is 0 Å². The van der Waals surface area contributed by atoms with Crippen LogP contribution in [0.5, 0.6) is 5.75 Å². The normalized spacial score (nSPS) is 20.3. The van der Waals surface area contributed by atoms with Crippen molar-refractivity contribution in [3.63, 3.8) is 0 Å². The molecule has 1 aliphatic heterocycles. The van der Waals surface area contributed by atoms with Gasteiger partial charge in [-0.05, 0) is 49.5 Å². The third-order valence-electron chi connectivity index (χ3n) is 4.05. The van der Waals surface area contributed by atoms with Gasteiger partial charge in [0, 0.05) is 10.5 Å². The van der Waals surface area contributed by atoms with Gasteiger partial charge in [0.2, 0.25) is 0 Å². The molecule has 1 aliphatic rings. The minimum Gasteiger partial charge on any atom is -0.497 e. The maximum absolute atomic E-state index is 5.19. The van der Waals surface area contributed by atoms with Crippen LogP contribution in [-0.2, 0) is 5.75 Å². The van der Waals surface area contributed by atoms with E-state index in [0.29, 0.717) is 4.75 Å². The van der Waals surface area contributed by atoms with Crippen LogP contribution in [0, 0.1) is 5.92 Å². The second-order valence-electron chi connectivity index (χ2n) is 5.78. The Kier molecular flexibility index (Phi) is 5.17. The van der Waals surface area contributed by atoms with Gasteiger partial charge >= 0.3 is 0 Å². The molecule has 0 aliphatic carbocycles. The Labute approximate surface area is 121 Å². The van der Waals surface area contributed by atoms with Gasteiger partial charge in [0.05, 0.1) is 7.11 Å². The molecule has 0 aromatic heterocycles. The van der Waals surface area contributed by atoms with Crippen molar-refractivity contribution in [1.29, 1.82) is 0 Å². The minimum atomic E-state index is 0.341. The Morgan fingerprint density at radius 2 is 2.05 bits per heavy atom. The molecule has 1 unspecified atom stereocenters. The van der Waals surface area contributed by atoms with Crippen LogP contribution in [0.2, 0.25) is 0 Å². The zero-order valence-corrected chi connectivity index (χ0v) is 13.1. The fourth-order valence-electron chi connectivity index (χ4n) is 2.55. The van der Waals surface area contributed by atoms with Crippen LogP contribution in [-0.4, -0.2) is 24.9 Å². The molecule has 0 radical (unpaired) electrons. The van der Waals surface area contributed by atoms with Crippen molar-refractivity contribution in [1.82, 2.24) is 5.32 Å². The van der Waals surface area contributed by atoms with E-state index >= 15 is 0 Å². The van der Waals surface area contributed by atoms with Crippen molar-refractivity contribution < 1.29 is 4.74 Å². The monoisotopic (exact) mass is 279 g/mol. The van der Waals surface area contributed by atoms with Crippen LogP contribution in [0.3, 0.4) is 0 Å². The zero-order valence-electron chi connectivity index (χ0n) is 12.2. The highest BCUT2D eigenvalue weighted by Gasteiger charge is 2.30. The average molecular weight is 279 g/mol. The van der Waals surface area contributed by atoms with Crippen molar-refractivity contribution in [3.05, 3.63) is 29.8 Å². The lowest BCUT2D eigenvalue weighted by molar-refractivity contribution is 0.321. The molecule has 1 aromatic rings. The van der Waals surface area contributed by atoms with Crippen LogP contribution in [0.4, 0.5) is 0 Å². The van der Waals surface area contributed by atoms with E-state index in [4.69, 9.17) is 4.74 Å². The molecule has 1 saturated heterocycles. The molecule has 1 fully saturated rings. The van der Waals surface area contributed by atoms with Crippen molar-refractivity contribution in [3.8, 4) is 5.75 Å². The van der Waals surface area contributed by atoms with Crippen LogP contribution in [0.1, 0.15) is 32.3 Å². The van der Waals surface area contributed by atoms with Gasteiger partial charge in [-0.3, -0.25) is 0 Å². The van der Waals surface area contributed by atoms with E-state index in [1.54, 1.807) is 7.11 Å². The van der Waals surface area contributed by atoms with Gasteiger partial charge in [-0.25, -0.2) is 0 Å².